The minimum atomic E-state index is -0.567. The Hall–Kier alpha value is -1.47. The van der Waals surface area contributed by atoms with Gasteiger partial charge in [0.15, 0.2) is 0 Å². The molecule has 1 aromatic carbocycles. The second-order valence-electron chi connectivity index (χ2n) is 5.64. The number of carbonyl (C=O) groups excluding carboxylic acids is 1. The summed E-state index contributed by atoms with van der Waals surface area (Å²) in [6, 6.07) is 12.6. The number of nitrogens with zero attached hydrogens (tertiary/aromatic N) is 2. The van der Waals surface area contributed by atoms with Crippen molar-refractivity contribution in [2.75, 3.05) is 12.8 Å². The molecule has 0 aliphatic heterocycles. The zero-order valence-corrected chi connectivity index (χ0v) is 13.4. The summed E-state index contributed by atoms with van der Waals surface area (Å²) in [5, 5.41) is 9.51. The highest BCUT2D eigenvalue weighted by molar-refractivity contribution is 7.99. The Labute approximate surface area is 131 Å². The standard InChI is InChI=1S/C17H22N2OS/c1-19(17(14-18)10-6-3-7-11-17)16(20)13-21-12-15-8-4-2-5-9-15/h2,4-5,8-9H,3,6-7,10-13H2,1H3. The highest BCUT2D eigenvalue weighted by Crippen LogP contribution is 2.32. The number of thioether (sulfide) groups is 1. The molecule has 1 saturated carbocycles. The van der Waals surface area contributed by atoms with E-state index in [1.165, 1.54) is 12.0 Å². The van der Waals surface area contributed by atoms with E-state index < -0.39 is 5.54 Å². The quantitative estimate of drug-likeness (QED) is 0.834. The third-order valence-corrected chi connectivity index (χ3v) is 5.23. The molecule has 3 nitrogen and oxygen atoms in total. The molecule has 1 amide bonds. The van der Waals surface area contributed by atoms with Crippen LogP contribution >= 0.6 is 11.8 Å². The molecule has 1 fully saturated rings. The molecule has 0 saturated heterocycles. The van der Waals surface area contributed by atoms with E-state index in [2.05, 4.69) is 18.2 Å². The van der Waals surface area contributed by atoms with Gasteiger partial charge in [0.1, 0.15) is 5.54 Å². The summed E-state index contributed by atoms with van der Waals surface area (Å²) in [5.41, 5.74) is 0.661. The van der Waals surface area contributed by atoms with Crippen molar-refractivity contribution in [2.24, 2.45) is 0 Å². The van der Waals surface area contributed by atoms with Gasteiger partial charge in [-0.05, 0) is 18.4 Å². The summed E-state index contributed by atoms with van der Waals surface area (Å²) in [5.74, 6) is 1.34. The molecule has 0 heterocycles. The highest BCUT2D eigenvalue weighted by Gasteiger charge is 2.38. The Balaban J connectivity index is 1.86. The second kappa shape index (κ2) is 7.51. The average molecular weight is 302 g/mol. The fraction of sp³-hybridized carbons (Fsp3) is 0.529. The second-order valence-corrected chi connectivity index (χ2v) is 6.62. The molecule has 1 aliphatic carbocycles. The molecule has 2 rings (SSSR count). The van der Waals surface area contributed by atoms with Crippen LogP contribution in [-0.2, 0) is 10.5 Å². The van der Waals surface area contributed by atoms with Gasteiger partial charge in [0.25, 0.3) is 0 Å². The van der Waals surface area contributed by atoms with Gasteiger partial charge in [-0.3, -0.25) is 4.79 Å². The molecule has 112 valence electrons. The van der Waals surface area contributed by atoms with Crippen LogP contribution in [0.25, 0.3) is 0 Å². The molecule has 0 spiro atoms. The molecule has 0 atom stereocenters. The summed E-state index contributed by atoms with van der Waals surface area (Å²) in [4.78, 5) is 14.0. The van der Waals surface area contributed by atoms with Crippen molar-refractivity contribution >= 4 is 17.7 Å². The van der Waals surface area contributed by atoms with Gasteiger partial charge in [0.2, 0.25) is 5.91 Å². The summed E-state index contributed by atoms with van der Waals surface area (Å²) in [6.07, 6.45) is 4.89. The predicted molar refractivity (Wildman–Crippen MR) is 86.8 cm³/mol. The number of rotatable bonds is 5. The maximum absolute atomic E-state index is 12.4. The maximum Gasteiger partial charge on any atom is 0.233 e. The molecule has 1 aliphatic rings. The number of hydrogen-bond acceptors (Lipinski definition) is 3. The Kier molecular flexibility index (Phi) is 5.69. The molecule has 1 aromatic rings. The fourth-order valence-corrected chi connectivity index (χ4v) is 3.72. The van der Waals surface area contributed by atoms with Crippen LogP contribution in [0.1, 0.15) is 37.7 Å². The van der Waals surface area contributed by atoms with Gasteiger partial charge in [-0.1, -0.05) is 49.6 Å². The van der Waals surface area contributed by atoms with Crippen molar-refractivity contribution in [2.45, 2.75) is 43.4 Å². The average Bonchev–Trinajstić information content (AvgIpc) is 2.55. The molecule has 21 heavy (non-hydrogen) atoms. The number of nitriles is 1. The lowest BCUT2D eigenvalue weighted by Gasteiger charge is -2.39. The van der Waals surface area contributed by atoms with Gasteiger partial charge in [-0.25, -0.2) is 0 Å². The van der Waals surface area contributed by atoms with Crippen molar-refractivity contribution < 1.29 is 4.79 Å². The summed E-state index contributed by atoms with van der Waals surface area (Å²) in [6.45, 7) is 0. The van der Waals surface area contributed by atoms with E-state index in [9.17, 15) is 10.1 Å². The minimum absolute atomic E-state index is 0.0689. The number of benzene rings is 1. The van der Waals surface area contributed by atoms with Crippen LogP contribution in [0.4, 0.5) is 0 Å². The van der Waals surface area contributed by atoms with Crippen LogP contribution in [0.3, 0.4) is 0 Å². The lowest BCUT2D eigenvalue weighted by atomic mass is 9.81. The van der Waals surface area contributed by atoms with E-state index in [4.69, 9.17) is 0 Å². The molecule has 0 N–H and O–H groups in total. The minimum Gasteiger partial charge on any atom is -0.326 e. The molecule has 4 heteroatoms. The normalized spacial score (nSPS) is 17.0. The smallest absolute Gasteiger partial charge is 0.233 e. The molecule has 0 bridgehead atoms. The monoisotopic (exact) mass is 302 g/mol. The van der Waals surface area contributed by atoms with Crippen molar-refractivity contribution in [1.29, 1.82) is 5.26 Å². The van der Waals surface area contributed by atoms with E-state index in [0.717, 1.165) is 31.4 Å². The van der Waals surface area contributed by atoms with Crippen LogP contribution in [-0.4, -0.2) is 29.1 Å². The first-order chi connectivity index (χ1) is 10.2. The molecule has 0 radical (unpaired) electrons. The largest absolute Gasteiger partial charge is 0.326 e. The van der Waals surface area contributed by atoms with Crippen LogP contribution in [0.2, 0.25) is 0 Å². The van der Waals surface area contributed by atoms with E-state index >= 15 is 0 Å². The molecular weight excluding hydrogens is 280 g/mol. The van der Waals surface area contributed by atoms with Gasteiger partial charge in [0, 0.05) is 12.8 Å². The Morgan fingerprint density at radius 1 is 1.29 bits per heavy atom. The van der Waals surface area contributed by atoms with E-state index in [-0.39, 0.29) is 5.91 Å². The number of hydrogen-bond donors (Lipinski definition) is 0. The maximum atomic E-state index is 12.4. The van der Waals surface area contributed by atoms with Gasteiger partial charge >= 0.3 is 0 Å². The van der Waals surface area contributed by atoms with Crippen LogP contribution < -0.4 is 0 Å². The lowest BCUT2D eigenvalue weighted by molar-refractivity contribution is -0.131. The number of amides is 1. The van der Waals surface area contributed by atoms with Crippen LogP contribution in [0.15, 0.2) is 30.3 Å². The van der Waals surface area contributed by atoms with Gasteiger partial charge in [-0.15, -0.1) is 11.8 Å². The summed E-state index contributed by atoms with van der Waals surface area (Å²) < 4.78 is 0. The van der Waals surface area contributed by atoms with Crippen molar-refractivity contribution in [3.05, 3.63) is 35.9 Å². The topological polar surface area (TPSA) is 44.1 Å². The number of carbonyl (C=O) groups is 1. The van der Waals surface area contributed by atoms with Crippen molar-refractivity contribution in [1.82, 2.24) is 4.90 Å². The molecule has 0 aromatic heterocycles. The molecular formula is C17H22N2OS. The summed E-state index contributed by atoms with van der Waals surface area (Å²) >= 11 is 1.62. The van der Waals surface area contributed by atoms with Crippen molar-refractivity contribution in [3.63, 3.8) is 0 Å². The first-order valence-electron chi connectivity index (χ1n) is 7.47. The van der Waals surface area contributed by atoms with E-state index in [1.54, 1.807) is 23.7 Å². The third-order valence-electron chi connectivity index (χ3n) is 4.24. The van der Waals surface area contributed by atoms with Gasteiger partial charge < -0.3 is 4.90 Å². The lowest BCUT2D eigenvalue weighted by Crippen LogP contribution is -2.50. The highest BCUT2D eigenvalue weighted by atomic mass is 32.2. The first-order valence-corrected chi connectivity index (χ1v) is 8.63. The van der Waals surface area contributed by atoms with Crippen LogP contribution in [0, 0.1) is 11.3 Å². The zero-order valence-electron chi connectivity index (χ0n) is 12.5. The van der Waals surface area contributed by atoms with Gasteiger partial charge in [-0.2, -0.15) is 5.26 Å². The fourth-order valence-electron chi connectivity index (χ4n) is 2.82. The Morgan fingerprint density at radius 3 is 2.57 bits per heavy atom. The first kappa shape index (κ1) is 15.9. The van der Waals surface area contributed by atoms with Gasteiger partial charge in [0.05, 0.1) is 11.8 Å². The molecule has 0 unspecified atom stereocenters. The summed E-state index contributed by atoms with van der Waals surface area (Å²) in [7, 11) is 1.79. The van der Waals surface area contributed by atoms with E-state index in [1.807, 2.05) is 18.2 Å². The predicted octanol–water partition coefficient (Wildman–Crippen LogP) is 3.60. The third kappa shape index (κ3) is 4.01. The zero-order chi connectivity index (χ0) is 15.1. The SMILES string of the molecule is CN(C(=O)CSCc1ccccc1)C1(C#N)CCCCC1. The Morgan fingerprint density at radius 2 is 1.95 bits per heavy atom. The van der Waals surface area contributed by atoms with E-state index in [0.29, 0.717) is 5.75 Å². The van der Waals surface area contributed by atoms with Crippen molar-refractivity contribution in [3.8, 4) is 6.07 Å². The van der Waals surface area contributed by atoms with Crippen LogP contribution in [0.5, 0.6) is 0 Å². The Bertz CT molecular complexity index is 503.